The van der Waals surface area contributed by atoms with E-state index in [1.807, 2.05) is 12.1 Å². The summed E-state index contributed by atoms with van der Waals surface area (Å²) in [6.45, 7) is 0. The topological polar surface area (TPSA) is 23.8 Å². The van der Waals surface area contributed by atoms with Crippen LogP contribution in [0.1, 0.15) is 49.1 Å². The van der Waals surface area contributed by atoms with Gasteiger partial charge in [-0.3, -0.25) is 0 Å². The molecule has 0 saturated heterocycles. The largest absolute Gasteiger partial charge is 0.216 e. The molecule has 0 bridgehead atoms. The third kappa shape index (κ3) is 3.20. The molecule has 1 aliphatic rings. The van der Waals surface area contributed by atoms with E-state index in [-0.39, 0.29) is 0 Å². The van der Waals surface area contributed by atoms with Gasteiger partial charge in [0.1, 0.15) is 0 Å². The number of nitriles is 1. The fourth-order valence-corrected chi connectivity index (χ4v) is 2.81. The number of hydrogen-bond donors (Lipinski definition) is 0. The monoisotopic (exact) mass is 243 g/mol. The second kappa shape index (κ2) is 6.35. The van der Waals surface area contributed by atoms with Crippen molar-refractivity contribution in [3.8, 4) is 6.07 Å². The molecule has 0 N–H and O–H groups in total. The molecule has 0 amide bonds. The predicted molar refractivity (Wildman–Crippen MR) is 70.7 cm³/mol. The van der Waals surface area contributed by atoms with E-state index in [1.165, 1.54) is 31.2 Å². The maximum atomic E-state index is 12.0. The highest BCUT2D eigenvalue weighted by Gasteiger charge is 2.21. The van der Waals surface area contributed by atoms with Crippen molar-refractivity contribution in [1.82, 2.24) is 0 Å². The van der Waals surface area contributed by atoms with Gasteiger partial charge in [-0.25, -0.2) is 4.39 Å². The Morgan fingerprint density at radius 1 is 1.17 bits per heavy atom. The van der Waals surface area contributed by atoms with Crippen LogP contribution in [0.25, 0.3) is 0 Å². The molecular weight excluding hydrogens is 225 g/mol. The van der Waals surface area contributed by atoms with Gasteiger partial charge >= 0.3 is 0 Å². The van der Waals surface area contributed by atoms with Crippen molar-refractivity contribution in [3.63, 3.8) is 0 Å². The Morgan fingerprint density at radius 2 is 1.83 bits per heavy atom. The summed E-state index contributed by atoms with van der Waals surface area (Å²) in [5.74, 6) is 1.26. The molecule has 2 heteroatoms. The second-order valence-electron chi connectivity index (χ2n) is 5.05. The van der Waals surface area contributed by atoms with Gasteiger partial charge < -0.3 is 0 Å². The first-order valence-electron chi connectivity index (χ1n) is 6.58. The number of halogens is 1. The van der Waals surface area contributed by atoms with E-state index in [0.29, 0.717) is 18.2 Å². The Morgan fingerprint density at radius 3 is 2.39 bits per heavy atom. The molecule has 1 aliphatic carbocycles. The maximum absolute atomic E-state index is 12.0. The zero-order chi connectivity index (χ0) is 12.8. The van der Waals surface area contributed by atoms with Crippen molar-refractivity contribution in [3.05, 3.63) is 47.8 Å². The Labute approximate surface area is 108 Å². The van der Waals surface area contributed by atoms with Crippen molar-refractivity contribution in [2.24, 2.45) is 5.92 Å². The number of hydrogen-bond acceptors (Lipinski definition) is 1. The van der Waals surface area contributed by atoms with Gasteiger partial charge in [0.15, 0.2) is 0 Å². The molecular formula is C16H18FN. The van der Waals surface area contributed by atoms with E-state index < -0.39 is 0 Å². The summed E-state index contributed by atoms with van der Waals surface area (Å²) >= 11 is 0. The Kier molecular flexibility index (Phi) is 4.52. The summed E-state index contributed by atoms with van der Waals surface area (Å²) in [5, 5.41) is 8.77. The molecule has 0 atom stereocenters. The summed E-state index contributed by atoms with van der Waals surface area (Å²) in [6, 6.07) is 10.1. The normalized spacial score (nSPS) is 24.0. The second-order valence-corrected chi connectivity index (χ2v) is 5.05. The van der Waals surface area contributed by atoms with Crippen LogP contribution in [0.5, 0.6) is 0 Å². The third-order valence-corrected chi connectivity index (χ3v) is 3.92. The van der Waals surface area contributed by atoms with Gasteiger partial charge in [-0.15, -0.1) is 0 Å². The van der Waals surface area contributed by atoms with E-state index in [0.717, 1.165) is 12.0 Å². The molecule has 1 fully saturated rings. The SMILES string of the molecule is N#Cc1ccc(C2CCC(CC=CF)CC2)cc1. The number of rotatable bonds is 3. The van der Waals surface area contributed by atoms with Crippen LogP contribution < -0.4 is 0 Å². The van der Waals surface area contributed by atoms with E-state index in [9.17, 15) is 4.39 Å². The highest BCUT2D eigenvalue weighted by Crippen LogP contribution is 2.37. The number of allylic oxidation sites excluding steroid dienone is 1. The molecule has 0 aromatic heterocycles. The van der Waals surface area contributed by atoms with E-state index in [2.05, 4.69) is 18.2 Å². The fraction of sp³-hybridized carbons (Fsp3) is 0.438. The molecule has 2 rings (SSSR count). The van der Waals surface area contributed by atoms with Crippen molar-refractivity contribution in [2.75, 3.05) is 0 Å². The first-order chi connectivity index (χ1) is 8.83. The molecule has 1 saturated carbocycles. The van der Waals surface area contributed by atoms with Crippen LogP contribution in [0.3, 0.4) is 0 Å². The summed E-state index contributed by atoms with van der Waals surface area (Å²) in [6.07, 6.45) is 7.87. The Bertz CT molecular complexity index is 433. The molecule has 0 spiro atoms. The summed E-state index contributed by atoms with van der Waals surface area (Å²) in [7, 11) is 0. The van der Waals surface area contributed by atoms with Crippen LogP contribution in [0, 0.1) is 17.2 Å². The maximum Gasteiger partial charge on any atom is 0.0991 e. The van der Waals surface area contributed by atoms with E-state index >= 15 is 0 Å². The van der Waals surface area contributed by atoms with Crippen LogP contribution in [0.15, 0.2) is 36.7 Å². The summed E-state index contributed by atoms with van der Waals surface area (Å²) < 4.78 is 12.0. The highest BCUT2D eigenvalue weighted by molar-refractivity contribution is 5.33. The molecule has 1 aromatic carbocycles. The minimum Gasteiger partial charge on any atom is -0.216 e. The van der Waals surface area contributed by atoms with Crippen LogP contribution in [-0.4, -0.2) is 0 Å². The van der Waals surface area contributed by atoms with Gasteiger partial charge in [0.05, 0.1) is 18.0 Å². The molecule has 0 aliphatic heterocycles. The van der Waals surface area contributed by atoms with Crippen molar-refractivity contribution in [2.45, 2.75) is 38.0 Å². The van der Waals surface area contributed by atoms with E-state index in [1.54, 1.807) is 6.08 Å². The number of nitrogens with zero attached hydrogens (tertiary/aromatic N) is 1. The summed E-state index contributed by atoms with van der Waals surface area (Å²) in [5.41, 5.74) is 2.06. The first-order valence-corrected chi connectivity index (χ1v) is 6.58. The van der Waals surface area contributed by atoms with Crippen molar-refractivity contribution in [1.29, 1.82) is 5.26 Å². The zero-order valence-corrected chi connectivity index (χ0v) is 10.5. The predicted octanol–water partition coefficient (Wildman–Crippen LogP) is 4.71. The van der Waals surface area contributed by atoms with Gasteiger partial charge in [-0.05, 0) is 61.6 Å². The molecule has 0 unspecified atom stereocenters. The molecule has 1 nitrogen and oxygen atoms in total. The summed E-state index contributed by atoms with van der Waals surface area (Å²) in [4.78, 5) is 0. The third-order valence-electron chi connectivity index (χ3n) is 3.92. The lowest BCUT2D eigenvalue weighted by Crippen LogP contribution is -2.12. The lowest BCUT2D eigenvalue weighted by Gasteiger charge is -2.28. The fourth-order valence-electron chi connectivity index (χ4n) is 2.81. The van der Waals surface area contributed by atoms with Crippen LogP contribution in [0.4, 0.5) is 4.39 Å². The van der Waals surface area contributed by atoms with Crippen LogP contribution in [0.2, 0.25) is 0 Å². The van der Waals surface area contributed by atoms with Crippen molar-refractivity contribution >= 4 is 0 Å². The molecule has 0 radical (unpaired) electrons. The minimum absolute atomic E-state index is 0.614. The minimum atomic E-state index is 0.614. The lowest BCUT2D eigenvalue weighted by atomic mass is 9.77. The van der Waals surface area contributed by atoms with Gasteiger partial charge in [-0.1, -0.05) is 18.2 Å². The quantitative estimate of drug-likeness (QED) is 0.754. The van der Waals surface area contributed by atoms with E-state index in [4.69, 9.17) is 5.26 Å². The van der Waals surface area contributed by atoms with Crippen molar-refractivity contribution < 1.29 is 4.39 Å². The average Bonchev–Trinajstić information content (AvgIpc) is 2.46. The smallest absolute Gasteiger partial charge is 0.0991 e. The Balaban J connectivity index is 1.90. The molecule has 94 valence electrons. The molecule has 0 heterocycles. The van der Waals surface area contributed by atoms with Crippen LogP contribution in [-0.2, 0) is 0 Å². The van der Waals surface area contributed by atoms with Gasteiger partial charge in [0.25, 0.3) is 0 Å². The molecule has 18 heavy (non-hydrogen) atoms. The Hall–Kier alpha value is -1.62. The van der Waals surface area contributed by atoms with Gasteiger partial charge in [-0.2, -0.15) is 5.26 Å². The first kappa shape index (κ1) is 12.8. The average molecular weight is 243 g/mol. The lowest BCUT2D eigenvalue weighted by molar-refractivity contribution is 0.327. The molecule has 1 aromatic rings. The number of benzene rings is 1. The van der Waals surface area contributed by atoms with Crippen LogP contribution >= 0.6 is 0 Å². The van der Waals surface area contributed by atoms with Gasteiger partial charge in [0, 0.05) is 0 Å². The zero-order valence-electron chi connectivity index (χ0n) is 10.5. The standard InChI is InChI=1S/C16H18FN/c17-11-1-2-13-3-7-15(8-4-13)16-9-5-14(12-18)6-10-16/h1,5-6,9-11,13,15H,2-4,7-8H2. The highest BCUT2D eigenvalue weighted by atomic mass is 19.1. The van der Waals surface area contributed by atoms with Gasteiger partial charge in [0.2, 0.25) is 0 Å².